The maximum atomic E-state index is 12.0. The maximum absolute atomic E-state index is 12.0. The molecule has 0 saturated heterocycles. The Kier molecular flexibility index (Phi) is 5.45. The highest BCUT2D eigenvalue weighted by atomic mass is 16.6. The molecule has 0 spiro atoms. The van der Waals surface area contributed by atoms with Crippen LogP contribution in [0.4, 0.5) is 11.4 Å². The standard InChI is InChI=1S/C16H15N3O5/c1-24-14-8-3-2-7-13(14)18-15(20)10-17-16(21)11-5-4-6-12(9-11)19(22)23/h2-9H,10H2,1H3,(H,17,21)(H,18,20). The van der Waals surface area contributed by atoms with Crippen LogP contribution in [0.1, 0.15) is 10.4 Å². The van der Waals surface area contributed by atoms with Crippen LogP contribution in [-0.2, 0) is 4.79 Å². The third-order valence-corrected chi connectivity index (χ3v) is 3.11. The molecule has 0 fully saturated rings. The lowest BCUT2D eigenvalue weighted by atomic mass is 10.2. The van der Waals surface area contributed by atoms with Crippen LogP contribution in [0, 0.1) is 10.1 Å². The summed E-state index contributed by atoms with van der Waals surface area (Å²) >= 11 is 0. The van der Waals surface area contributed by atoms with Gasteiger partial charge in [-0.2, -0.15) is 0 Å². The van der Waals surface area contributed by atoms with Gasteiger partial charge in [-0.1, -0.05) is 18.2 Å². The molecule has 2 aromatic carbocycles. The highest BCUT2D eigenvalue weighted by molar-refractivity contribution is 6.00. The lowest BCUT2D eigenvalue weighted by Crippen LogP contribution is -2.32. The van der Waals surface area contributed by atoms with Crippen molar-refractivity contribution in [1.29, 1.82) is 0 Å². The van der Waals surface area contributed by atoms with E-state index >= 15 is 0 Å². The summed E-state index contributed by atoms with van der Waals surface area (Å²) in [6, 6.07) is 12.1. The quantitative estimate of drug-likeness (QED) is 0.622. The van der Waals surface area contributed by atoms with E-state index in [2.05, 4.69) is 10.6 Å². The molecule has 0 unspecified atom stereocenters. The van der Waals surface area contributed by atoms with E-state index in [1.165, 1.54) is 25.3 Å². The minimum absolute atomic E-state index is 0.106. The summed E-state index contributed by atoms with van der Waals surface area (Å²) in [5.41, 5.74) is 0.394. The van der Waals surface area contributed by atoms with Gasteiger partial charge in [0.2, 0.25) is 5.91 Å². The summed E-state index contributed by atoms with van der Waals surface area (Å²) < 4.78 is 5.11. The van der Waals surface area contributed by atoms with Crippen molar-refractivity contribution in [2.75, 3.05) is 19.0 Å². The second-order valence-electron chi connectivity index (χ2n) is 4.74. The van der Waals surface area contributed by atoms with Gasteiger partial charge in [-0.15, -0.1) is 0 Å². The topological polar surface area (TPSA) is 111 Å². The molecule has 0 aliphatic rings. The van der Waals surface area contributed by atoms with Gasteiger partial charge in [0, 0.05) is 17.7 Å². The lowest BCUT2D eigenvalue weighted by molar-refractivity contribution is -0.384. The van der Waals surface area contributed by atoms with Gasteiger partial charge in [0.05, 0.1) is 24.3 Å². The summed E-state index contributed by atoms with van der Waals surface area (Å²) in [4.78, 5) is 34.0. The van der Waals surface area contributed by atoms with Crippen molar-refractivity contribution in [3.63, 3.8) is 0 Å². The number of nitrogens with zero attached hydrogens (tertiary/aromatic N) is 1. The highest BCUT2D eigenvalue weighted by Crippen LogP contribution is 2.22. The van der Waals surface area contributed by atoms with Crippen molar-refractivity contribution in [2.45, 2.75) is 0 Å². The number of ether oxygens (including phenoxy) is 1. The Labute approximate surface area is 137 Å². The molecule has 8 heteroatoms. The Morgan fingerprint density at radius 1 is 1.17 bits per heavy atom. The number of hydrogen-bond acceptors (Lipinski definition) is 5. The first-order valence-electron chi connectivity index (χ1n) is 6.97. The number of amides is 2. The zero-order chi connectivity index (χ0) is 17.5. The Morgan fingerprint density at radius 3 is 2.62 bits per heavy atom. The molecule has 2 rings (SSSR count). The van der Waals surface area contributed by atoms with Crippen LogP contribution < -0.4 is 15.4 Å². The third-order valence-electron chi connectivity index (χ3n) is 3.11. The van der Waals surface area contributed by atoms with Gasteiger partial charge >= 0.3 is 0 Å². The Hall–Kier alpha value is -3.42. The first-order valence-corrected chi connectivity index (χ1v) is 6.97. The van der Waals surface area contributed by atoms with Crippen LogP contribution in [0.25, 0.3) is 0 Å². The van der Waals surface area contributed by atoms with E-state index in [0.29, 0.717) is 11.4 Å². The van der Waals surface area contributed by atoms with Crippen LogP contribution in [0.3, 0.4) is 0 Å². The average molecular weight is 329 g/mol. The van der Waals surface area contributed by atoms with E-state index in [1.807, 2.05) is 0 Å². The van der Waals surface area contributed by atoms with E-state index in [0.717, 1.165) is 6.07 Å². The van der Waals surface area contributed by atoms with Crippen LogP contribution in [-0.4, -0.2) is 30.4 Å². The molecule has 2 aromatic rings. The van der Waals surface area contributed by atoms with Crippen LogP contribution >= 0.6 is 0 Å². The molecule has 0 atom stereocenters. The number of nitro groups is 1. The molecule has 2 amide bonds. The molecule has 0 aromatic heterocycles. The zero-order valence-electron chi connectivity index (χ0n) is 12.8. The molecule has 0 radical (unpaired) electrons. The number of hydrogen-bond donors (Lipinski definition) is 2. The average Bonchev–Trinajstić information content (AvgIpc) is 2.60. The molecule has 0 aliphatic heterocycles. The summed E-state index contributed by atoms with van der Waals surface area (Å²) in [6.07, 6.45) is 0. The number of rotatable bonds is 6. The minimum Gasteiger partial charge on any atom is -0.495 e. The van der Waals surface area contributed by atoms with Crippen LogP contribution in [0.2, 0.25) is 0 Å². The van der Waals surface area contributed by atoms with Gasteiger partial charge in [-0.25, -0.2) is 0 Å². The van der Waals surface area contributed by atoms with Gasteiger partial charge in [-0.3, -0.25) is 19.7 Å². The fourth-order valence-electron chi connectivity index (χ4n) is 1.97. The number of nitro benzene ring substituents is 1. The maximum Gasteiger partial charge on any atom is 0.270 e. The van der Waals surface area contributed by atoms with E-state index in [1.54, 1.807) is 24.3 Å². The number of anilines is 1. The molecule has 0 bridgehead atoms. The molecule has 0 aliphatic carbocycles. The second-order valence-corrected chi connectivity index (χ2v) is 4.74. The smallest absolute Gasteiger partial charge is 0.270 e. The molecule has 8 nitrogen and oxygen atoms in total. The van der Waals surface area contributed by atoms with E-state index in [-0.39, 0.29) is 17.8 Å². The summed E-state index contributed by atoms with van der Waals surface area (Å²) in [6.45, 7) is -0.278. The molecular formula is C16H15N3O5. The van der Waals surface area contributed by atoms with Crippen molar-refractivity contribution in [3.05, 3.63) is 64.2 Å². The first kappa shape index (κ1) is 16.9. The predicted octanol–water partition coefficient (Wildman–Crippen LogP) is 1.97. The summed E-state index contributed by atoms with van der Waals surface area (Å²) in [5.74, 6) is -0.525. The van der Waals surface area contributed by atoms with E-state index in [4.69, 9.17) is 4.74 Å². The molecule has 124 valence electrons. The van der Waals surface area contributed by atoms with Crippen molar-refractivity contribution < 1.29 is 19.2 Å². The van der Waals surface area contributed by atoms with Gasteiger partial charge in [-0.05, 0) is 18.2 Å². The van der Waals surface area contributed by atoms with Crippen molar-refractivity contribution in [2.24, 2.45) is 0 Å². The van der Waals surface area contributed by atoms with Gasteiger partial charge in [0.25, 0.3) is 11.6 Å². The summed E-state index contributed by atoms with van der Waals surface area (Å²) in [7, 11) is 1.48. The lowest BCUT2D eigenvalue weighted by Gasteiger charge is -2.10. The monoisotopic (exact) mass is 329 g/mol. The van der Waals surface area contributed by atoms with Crippen molar-refractivity contribution in [1.82, 2.24) is 5.32 Å². The molecule has 0 saturated carbocycles. The fraction of sp³-hybridized carbons (Fsp3) is 0.125. The van der Waals surface area contributed by atoms with E-state index in [9.17, 15) is 19.7 Å². The van der Waals surface area contributed by atoms with E-state index < -0.39 is 16.7 Å². The Morgan fingerprint density at radius 2 is 1.92 bits per heavy atom. The fourth-order valence-corrected chi connectivity index (χ4v) is 1.97. The minimum atomic E-state index is -0.592. The molecule has 2 N–H and O–H groups in total. The van der Waals surface area contributed by atoms with Gasteiger partial charge in [0.15, 0.2) is 0 Å². The van der Waals surface area contributed by atoms with Gasteiger partial charge in [0.1, 0.15) is 5.75 Å². The van der Waals surface area contributed by atoms with Crippen LogP contribution in [0.15, 0.2) is 48.5 Å². The highest BCUT2D eigenvalue weighted by Gasteiger charge is 2.13. The largest absolute Gasteiger partial charge is 0.495 e. The number of non-ortho nitro benzene ring substituents is 1. The normalized spacial score (nSPS) is 9.88. The number of benzene rings is 2. The number of para-hydroxylation sites is 2. The molecular weight excluding hydrogens is 314 g/mol. The molecule has 0 heterocycles. The Bertz CT molecular complexity index is 776. The predicted molar refractivity (Wildman–Crippen MR) is 87.1 cm³/mol. The third kappa shape index (κ3) is 4.29. The van der Waals surface area contributed by atoms with Crippen molar-refractivity contribution >= 4 is 23.2 Å². The first-order chi connectivity index (χ1) is 11.5. The molecule has 24 heavy (non-hydrogen) atoms. The van der Waals surface area contributed by atoms with Crippen LogP contribution in [0.5, 0.6) is 5.75 Å². The zero-order valence-corrected chi connectivity index (χ0v) is 12.8. The second kappa shape index (κ2) is 7.73. The number of carbonyl (C=O) groups is 2. The number of carbonyl (C=O) groups excluding carboxylic acids is 2. The number of methoxy groups -OCH3 is 1. The number of nitrogens with one attached hydrogen (secondary N) is 2. The summed E-state index contributed by atoms with van der Waals surface area (Å²) in [5, 5.41) is 15.7. The Balaban J connectivity index is 1.95. The van der Waals surface area contributed by atoms with Crippen molar-refractivity contribution in [3.8, 4) is 5.75 Å². The SMILES string of the molecule is COc1ccccc1NC(=O)CNC(=O)c1cccc([N+](=O)[O-])c1. The van der Waals surface area contributed by atoms with Gasteiger partial charge < -0.3 is 15.4 Å².